The summed E-state index contributed by atoms with van der Waals surface area (Å²) < 4.78 is 0. The maximum atomic E-state index is 6.32. The fourth-order valence-electron chi connectivity index (χ4n) is 4.56. The van der Waals surface area contributed by atoms with Crippen molar-refractivity contribution < 1.29 is 18.0 Å². The summed E-state index contributed by atoms with van der Waals surface area (Å²) in [5, 5.41) is 8.10. The number of fused-ring (bicyclic) bond motifs is 2. The Labute approximate surface area is 241 Å². The van der Waals surface area contributed by atoms with Crippen LogP contribution >= 0.6 is 17.0 Å². The van der Waals surface area contributed by atoms with Gasteiger partial charge in [-0.3, -0.25) is 0 Å². The van der Waals surface area contributed by atoms with Gasteiger partial charge in [0, 0.05) is 0 Å². The molecule has 0 nitrogen and oxygen atoms in total. The van der Waals surface area contributed by atoms with Crippen LogP contribution in [0, 0.1) is 27.7 Å². The van der Waals surface area contributed by atoms with Crippen LogP contribution in [0.2, 0.25) is 0 Å². The van der Waals surface area contributed by atoms with Crippen molar-refractivity contribution in [1.82, 2.24) is 0 Å². The molecule has 0 aliphatic carbocycles. The Morgan fingerprint density at radius 3 is 1.29 bits per heavy atom. The number of hydrogen-bond donors (Lipinski definition) is 0. The standard InChI is InChI=1S/C12H10Si.2C11H11.2ClH.Zr/c1-3-7-11(8-4-1)13-12-9-5-2-6-10-12;2*1-8-3-4-10-6-9(2)7-11(10)5-8;;;/h1-10H;2*3-7H,1-2H3;2*1H;/q;2*-1;;;+2/p-2. The summed E-state index contributed by atoms with van der Waals surface area (Å²) in [6.45, 7) is 8.52. The van der Waals surface area contributed by atoms with Crippen molar-refractivity contribution in [2.45, 2.75) is 27.7 Å². The summed E-state index contributed by atoms with van der Waals surface area (Å²) in [5.41, 5.74) is 4.49. The molecular weight excluding hydrogens is 599 g/mol. The Bertz CT molecular complexity index is 1540. The molecule has 0 heterocycles. The van der Waals surface area contributed by atoms with Crippen molar-refractivity contribution in [1.29, 1.82) is 0 Å². The van der Waals surface area contributed by atoms with Gasteiger partial charge in [0.15, 0.2) is 0 Å². The Hall–Kier alpha value is -2.22. The third kappa shape index (κ3) is 7.90. The molecule has 0 saturated carbocycles. The van der Waals surface area contributed by atoms with Gasteiger partial charge < -0.3 is 0 Å². The van der Waals surface area contributed by atoms with Gasteiger partial charge in [-0.05, 0) is 13.8 Å². The average Bonchev–Trinajstić information content (AvgIpc) is 3.45. The van der Waals surface area contributed by atoms with Gasteiger partial charge in [-0.15, -0.1) is 81.2 Å². The quantitative estimate of drug-likeness (QED) is 0.132. The monoisotopic (exact) mass is 628 g/mol. The molecule has 38 heavy (non-hydrogen) atoms. The molecule has 0 atom stereocenters. The molecule has 0 amide bonds. The topological polar surface area (TPSA) is 0 Å². The number of benzene rings is 4. The fourth-order valence-corrected chi connectivity index (χ4v) is 19.8. The van der Waals surface area contributed by atoms with Crippen molar-refractivity contribution in [3.8, 4) is 0 Å². The molecule has 6 aromatic carbocycles. The molecular formula is C34H32Cl2SiZr-2. The van der Waals surface area contributed by atoms with Gasteiger partial charge in [0.25, 0.3) is 0 Å². The normalized spacial score (nSPS) is 10.4. The zero-order chi connectivity index (χ0) is 27.1. The van der Waals surface area contributed by atoms with E-state index in [-0.39, 0.29) is 0 Å². The van der Waals surface area contributed by atoms with Gasteiger partial charge in [0.2, 0.25) is 0 Å². The van der Waals surface area contributed by atoms with Crippen LogP contribution in [0.4, 0.5) is 0 Å². The van der Waals surface area contributed by atoms with Gasteiger partial charge in [-0.2, -0.15) is 12.1 Å². The van der Waals surface area contributed by atoms with Gasteiger partial charge >= 0.3 is 111 Å². The second-order valence-electron chi connectivity index (χ2n) is 9.70. The van der Waals surface area contributed by atoms with Crippen molar-refractivity contribution in [3.63, 3.8) is 0 Å². The SMILES string of the molecule is Cc1ccc2[cH-]c(C)cc2c1.Cc1ccc2[cH-]c(C)cc2c1.[Cl][Zr]([Cl])=[Si](c1ccccc1)c1ccccc1. The fraction of sp³-hybridized carbons (Fsp3) is 0.118. The molecule has 0 spiro atoms. The van der Waals surface area contributed by atoms with Gasteiger partial charge in [0.1, 0.15) is 0 Å². The van der Waals surface area contributed by atoms with E-state index >= 15 is 0 Å². The third-order valence-electron chi connectivity index (χ3n) is 6.33. The summed E-state index contributed by atoms with van der Waals surface area (Å²) in [6, 6.07) is 42.9. The van der Waals surface area contributed by atoms with E-state index in [4.69, 9.17) is 17.0 Å². The first-order valence-corrected chi connectivity index (χ1v) is 24.3. The van der Waals surface area contributed by atoms with Crippen LogP contribution in [0.3, 0.4) is 0 Å². The molecule has 0 saturated heterocycles. The van der Waals surface area contributed by atoms with Gasteiger partial charge in [-0.1, -0.05) is 25.0 Å². The maximum absolute atomic E-state index is 6.32. The predicted molar refractivity (Wildman–Crippen MR) is 168 cm³/mol. The number of aryl methyl sites for hydroxylation is 4. The summed E-state index contributed by atoms with van der Waals surface area (Å²) in [6.07, 6.45) is 0. The van der Waals surface area contributed by atoms with E-state index in [1.807, 2.05) is 12.1 Å². The molecule has 0 aliphatic rings. The second kappa shape index (κ2) is 13.7. The molecule has 0 N–H and O–H groups in total. The molecule has 6 aromatic rings. The molecule has 0 unspecified atom stereocenters. The van der Waals surface area contributed by atoms with Crippen molar-refractivity contribution in [2.75, 3.05) is 0 Å². The van der Waals surface area contributed by atoms with Crippen LogP contribution in [0.5, 0.6) is 0 Å². The van der Waals surface area contributed by atoms with Gasteiger partial charge in [0.05, 0.1) is 0 Å². The van der Waals surface area contributed by atoms with E-state index in [9.17, 15) is 0 Å². The second-order valence-corrected chi connectivity index (χ2v) is 28.9. The summed E-state index contributed by atoms with van der Waals surface area (Å²) >= 11 is -2.26. The average molecular weight is 631 g/mol. The number of rotatable bonds is 2. The molecule has 192 valence electrons. The molecule has 6 rings (SSSR count). The Morgan fingerprint density at radius 2 is 0.921 bits per heavy atom. The van der Waals surface area contributed by atoms with Crippen LogP contribution in [-0.4, -0.2) is 5.43 Å². The first kappa shape index (κ1) is 28.8. The first-order valence-electron chi connectivity index (χ1n) is 12.7. The Kier molecular flexibility index (Phi) is 10.4. The van der Waals surface area contributed by atoms with E-state index in [0.29, 0.717) is 0 Å². The van der Waals surface area contributed by atoms with E-state index in [0.717, 1.165) is 0 Å². The minimum absolute atomic E-state index is 0.889. The van der Waals surface area contributed by atoms with Crippen molar-refractivity contribution in [3.05, 3.63) is 144 Å². The Morgan fingerprint density at radius 1 is 0.526 bits per heavy atom. The first-order chi connectivity index (χ1) is 18.3. The van der Waals surface area contributed by atoms with Gasteiger partial charge in [-0.25, -0.2) is 0 Å². The minimum atomic E-state index is -2.26. The van der Waals surface area contributed by atoms with E-state index in [1.165, 1.54) is 54.2 Å². The summed E-state index contributed by atoms with van der Waals surface area (Å²) in [4.78, 5) is 0. The number of hydrogen-bond acceptors (Lipinski definition) is 0. The van der Waals surface area contributed by atoms with E-state index < -0.39 is 23.4 Å². The zero-order valence-corrected chi connectivity index (χ0v) is 27.3. The number of halogens is 2. The van der Waals surface area contributed by atoms with Crippen LogP contribution in [0.1, 0.15) is 22.3 Å². The summed E-state index contributed by atoms with van der Waals surface area (Å²) in [5.74, 6) is 0. The molecule has 0 aromatic heterocycles. The van der Waals surface area contributed by atoms with Crippen LogP contribution in [-0.2, 0) is 18.0 Å². The Balaban J connectivity index is 0.000000136. The van der Waals surface area contributed by atoms with Crippen LogP contribution in [0.15, 0.2) is 121 Å². The third-order valence-corrected chi connectivity index (χ3v) is 22.3. The van der Waals surface area contributed by atoms with Crippen molar-refractivity contribution >= 4 is 54.4 Å². The van der Waals surface area contributed by atoms with E-state index in [2.05, 4.69) is 137 Å². The van der Waals surface area contributed by atoms with Crippen LogP contribution in [0.25, 0.3) is 21.5 Å². The molecule has 0 radical (unpaired) electrons. The molecule has 0 fully saturated rings. The summed E-state index contributed by atoms with van der Waals surface area (Å²) in [7, 11) is 12.6. The zero-order valence-electron chi connectivity index (χ0n) is 22.3. The molecule has 0 aliphatic heterocycles. The van der Waals surface area contributed by atoms with Crippen molar-refractivity contribution in [2.24, 2.45) is 0 Å². The van der Waals surface area contributed by atoms with E-state index in [1.54, 1.807) is 0 Å². The predicted octanol–water partition coefficient (Wildman–Crippen LogP) is 9.07. The van der Waals surface area contributed by atoms with Crippen LogP contribution < -0.4 is 10.4 Å². The molecule has 4 heteroatoms. The molecule has 0 bridgehead atoms.